The largest absolute Gasteiger partial charge is 0.508 e. The molecule has 0 aliphatic carbocycles. The molecule has 0 fully saturated rings. The molecule has 4 heteroatoms. The average Bonchev–Trinajstić information content (AvgIpc) is 3.15. The summed E-state index contributed by atoms with van der Waals surface area (Å²) in [5, 5.41) is 38.5. The Balaban J connectivity index is 0.000000284. The molecule has 0 bridgehead atoms. The monoisotopic (exact) mass is 709 g/mol. The Bertz CT molecular complexity index is 1390. The molecule has 0 amide bonds. The van der Waals surface area contributed by atoms with Crippen LogP contribution in [0.2, 0.25) is 0 Å². The normalized spacial score (nSPS) is 10.9. The fourth-order valence-corrected chi connectivity index (χ4v) is 6.93. The van der Waals surface area contributed by atoms with Gasteiger partial charge in [-0.25, -0.2) is 0 Å². The first-order chi connectivity index (χ1) is 25.5. The van der Waals surface area contributed by atoms with E-state index < -0.39 is 0 Å². The molecule has 4 rings (SSSR count). The molecule has 4 aromatic carbocycles. The molecule has 52 heavy (non-hydrogen) atoms. The minimum Gasteiger partial charge on any atom is -0.508 e. The second kappa shape index (κ2) is 27.7. The lowest BCUT2D eigenvalue weighted by Crippen LogP contribution is -1.88. The first-order valence-electron chi connectivity index (χ1n) is 20.6. The second-order valence-electron chi connectivity index (χ2n) is 14.6. The van der Waals surface area contributed by atoms with E-state index in [0.29, 0.717) is 23.0 Å². The lowest BCUT2D eigenvalue weighted by atomic mass is 10.0. The predicted octanol–water partition coefficient (Wildman–Crippen LogP) is 13.6. The Kier molecular flexibility index (Phi) is 22.6. The SMILES string of the molecule is Oc1ccc(CCCCCCCCCCc2ccccc2O)cc1.Oc1ccccc1CCCCCCCCCCCCCCc1ccccc1O. The number of benzene rings is 4. The molecule has 4 aromatic rings. The molecule has 0 aromatic heterocycles. The molecule has 4 nitrogen and oxygen atoms in total. The summed E-state index contributed by atoms with van der Waals surface area (Å²) in [6, 6.07) is 30.6. The van der Waals surface area contributed by atoms with Crippen molar-refractivity contribution in [3.63, 3.8) is 0 Å². The number of rotatable bonds is 26. The van der Waals surface area contributed by atoms with Gasteiger partial charge in [0.1, 0.15) is 23.0 Å². The molecule has 0 saturated carbocycles. The molecule has 0 aliphatic rings. The third kappa shape index (κ3) is 19.6. The summed E-state index contributed by atoms with van der Waals surface area (Å²) in [4.78, 5) is 0. The van der Waals surface area contributed by atoms with Gasteiger partial charge >= 0.3 is 0 Å². The lowest BCUT2D eigenvalue weighted by molar-refractivity contribution is 0.465. The Hall–Kier alpha value is -3.92. The summed E-state index contributed by atoms with van der Waals surface area (Å²) in [6.07, 6.45) is 30.0. The van der Waals surface area contributed by atoms with E-state index in [-0.39, 0.29) is 0 Å². The van der Waals surface area contributed by atoms with Crippen molar-refractivity contribution in [2.24, 2.45) is 0 Å². The average molecular weight is 709 g/mol. The van der Waals surface area contributed by atoms with Gasteiger partial charge in [0.25, 0.3) is 0 Å². The van der Waals surface area contributed by atoms with Gasteiger partial charge in [0.2, 0.25) is 0 Å². The third-order valence-electron chi connectivity index (χ3n) is 10.2. The maximum Gasteiger partial charge on any atom is 0.118 e. The van der Waals surface area contributed by atoms with Gasteiger partial charge in [0.05, 0.1) is 0 Å². The number of phenols is 4. The fourth-order valence-electron chi connectivity index (χ4n) is 6.93. The smallest absolute Gasteiger partial charge is 0.118 e. The molecular formula is C48H68O4. The van der Waals surface area contributed by atoms with Gasteiger partial charge in [-0.1, -0.05) is 169 Å². The zero-order valence-corrected chi connectivity index (χ0v) is 32.0. The summed E-state index contributed by atoms with van der Waals surface area (Å²) in [5.74, 6) is 1.67. The number of para-hydroxylation sites is 3. The van der Waals surface area contributed by atoms with Crippen LogP contribution < -0.4 is 0 Å². The highest BCUT2D eigenvalue weighted by Gasteiger charge is 2.02. The van der Waals surface area contributed by atoms with Crippen LogP contribution in [0.25, 0.3) is 0 Å². The quantitative estimate of drug-likeness (QED) is 0.0490. The molecular weight excluding hydrogens is 641 g/mol. The van der Waals surface area contributed by atoms with Crippen molar-refractivity contribution in [1.82, 2.24) is 0 Å². The molecule has 0 atom stereocenters. The van der Waals surface area contributed by atoms with E-state index >= 15 is 0 Å². The fraction of sp³-hybridized carbons (Fsp3) is 0.500. The van der Waals surface area contributed by atoms with Crippen LogP contribution in [0.5, 0.6) is 23.0 Å². The molecule has 4 N–H and O–H groups in total. The number of aryl methyl sites for hydroxylation is 4. The van der Waals surface area contributed by atoms with E-state index in [9.17, 15) is 20.4 Å². The minimum absolute atomic E-state index is 0.348. The first-order valence-corrected chi connectivity index (χ1v) is 20.6. The third-order valence-corrected chi connectivity index (χ3v) is 10.2. The maximum atomic E-state index is 9.75. The zero-order valence-electron chi connectivity index (χ0n) is 32.0. The van der Waals surface area contributed by atoms with Gasteiger partial charge in [-0.2, -0.15) is 0 Å². The number of aromatic hydroxyl groups is 4. The summed E-state index contributed by atoms with van der Waals surface area (Å²) in [5.41, 5.74) is 4.56. The molecule has 0 spiro atoms. The van der Waals surface area contributed by atoms with Crippen LogP contribution in [0.1, 0.15) is 151 Å². The molecule has 0 saturated heterocycles. The van der Waals surface area contributed by atoms with Gasteiger partial charge < -0.3 is 20.4 Å². The van der Waals surface area contributed by atoms with Crippen LogP contribution in [0, 0.1) is 0 Å². The molecule has 0 unspecified atom stereocenters. The molecule has 0 heterocycles. The van der Waals surface area contributed by atoms with Crippen LogP contribution >= 0.6 is 0 Å². The maximum absolute atomic E-state index is 9.75. The van der Waals surface area contributed by atoms with Crippen molar-refractivity contribution in [3.8, 4) is 23.0 Å². The van der Waals surface area contributed by atoms with Crippen molar-refractivity contribution in [2.45, 2.75) is 154 Å². The van der Waals surface area contributed by atoms with Gasteiger partial charge in [-0.15, -0.1) is 0 Å². The zero-order chi connectivity index (χ0) is 36.9. The Morgan fingerprint density at radius 2 is 0.500 bits per heavy atom. The highest BCUT2D eigenvalue weighted by Crippen LogP contribution is 2.22. The number of hydrogen-bond acceptors (Lipinski definition) is 4. The van der Waals surface area contributed by atoms with E-state index in [1.54, 1.807) is 30.3 Å². The Morgan fingerprint density at radius 1 is 0.250 bits per heavy atom. The predicted molar refractivity (Wildman–Crippen MR) is 220 cm³/mol. The van der Waals surface area contributed by atoms with Crippen molar-refractivity contribution < 1.29 is 20.4 Å². The van der Waals surface area contributed by atoms with Crippen LogP contribution in [0.4, 0.5) is 0 Å². The van der Waals surface area contributed by atoms with Gasteiger partial charge in [-0.05, 0) is 104 Å². The number of phenolic OH excluding ortho intramolecular Hbond substituents is 4. The lowest BCUT2D eigenvalue weighted by Gasteiger charge is -2.05. The van der Waals surface area contributed by atoms with Crippen LogP contribution in [0.15, 0.2) is 97.1 Å². The van der Waals surface area contributed by atoms with Crippen molar-refractivity contribution >= 4 is 0 Å². The Labute approximate surface area is 316 Å². The van der Waals surface area contributed by atoms with Crippen molar-refractivity contribution in [3.05, 3.63) is 119 Å². The number of hydrogen-bond donors (Lipinski definition) is 4. The van der Waals surface area contributed by atoms with Crippen molar-refractivity contribution in [1.29, 1.82) is 0 Å². The van der Waals surface area contributed by atoms with E-state index in [2.05, 4.69) is 0 Å². The summed E-state index contributed by atoms with van der Waals surface area (Å²) in [7, 11) is 0. The minimum atomic E-state index is 0.348. The molecule has 0 radical (unpaired) electrons. The Morgan fingerprint density at radius 3 is 0.788 bits per heavy atom. The number of unbranched alkanes of at least 4 members (excludes halogenated alkanes) is 18. The standard InChI is InChI=1S/C26H38O2.C22H30O2/c27-25-21-15-13-19-23(25)17-11-9-7-5-3-1-2-4-6-8-10-12-18-24-20-14-16-22-26(24)28;23-21-17-15-19(16-18-21)11-7-5-3-1-2-4-6-8-12-20-13-9-10-14-22(20)24/h13-16,19-22,27-28H,1-12,17-18H2;9-10,13-18,23-24H,1-8,11-12H2. The summed E-state index contributed by atoms with van der Waals surface area (Å²) >= 11 is 0. The highest BCUT2D eigenvalue weighted by molar-refractivity contribution is 5.33. The van der Waals surface area contributed by atoms with Crippen molar-refractivity contribution in [2.75, 3.05) is 0 Å². The molecule has 284 valence electrons. The van der Waals surface area contributed by atoms with E-state index in [1.807, 2.05) is 66.7 Å². The second-order valence-corrected chi connectivity index (χ2v) is 14.6. The van der Waals surface area contributed by atoms with Gasteiger partial charge in [-0.3, -0.25) is 0 Å². The summed E-state index contributed by atoms with van der Waals surface area (Å²) in [6.45, 7) is 0. The van der Waals surface area contributed by atoms with Gasteiger partial charge in [0, 0.05) is 0 Å². The van der Waals surface area contributed by atoms with Crippen LogP contribution in [-0.2, 0) is 25.7 Å². The van der Waals surface area contributed by atoms with E-state index in [4.69, 9.17) is 0 Å². The molecule has 0 aliphatic heterocycles. The van der Waals surface area contributed by atoms with Gasteiger partial charge in [0.15, 0.2) is 0 Å². The highest BCUT2D eigenvalue weighted by atomic mass is 16.3. The summed E-state index contributed by atoms with van der Waals surface area (Å²) < 4.78 is 0. The van der Waals surface area contributed by atoms with Crippen LogP contribution in [0.3, 0.4) is 0 Å². The van der Waals surface area contributed by atoms with Crippen LogP contribution in [-0.4, -0.2) is 20.4 Å². The topological polar surface area (TPSA) is 80.9 Å². The first kappa shape index (κ1) is 42.5. The van der Waals surface area contributed by atoms with E-state index in [0.717, 1.165) is 42.4 Å². The van der Waals surface area contributed by atoms with E-state index in [1.165, 1.54) is 134 Å².